The Morgan fingerprint density at radius 1 is 1.38 bits per heavy atom. The maximum Gasteiger partial charge on any atom is 0.408 e. The highest BCUT2D eigenvalue weighted by molar-refractivity contribution is 5.71. The lowest BCUT2D eigenvalue weighted by Gasteiger charge is -2.22. The average molecular weight is 239 g/mol. The van der Waals surface area contributed by atoms with Gasteiger partial charge in [0, 0.05) is 0 Å². The van der Waals surface area contributed by atoms with Gasteiger partial charge in [0.05, 0.1) is 6.42 Å². The van der Waals surface area contributed by atoms with Gasteiger partial charge in [-0.1, -0.05) is 0 Å². The summed E-state index contributed by atoms with van der Waals surface area (Å²) < 4.78 is 29.4. The number of nitrogens with one attached hydrogen (secondary N) is 1. The van der Waals surface area contributed by atoms with Crippen molar-refractivity contribution in [2.45, 2.75) is 45.3 Å². The molecule has 0 saturated carbocycles. The lowest BCUT2D eigenvalue weighted by Crippen LogP contribution is -2.43. The Kier molecular flexibility index (Phi) is 5.13. The number of hydrogen-bond acceptors (Lipinski definition) is 3. The minimum absolute atomic E-state index is 0.819. The molecule has 0 aliphatic rings. The first-order chi connectivity index (χ1) is 7.11. The smallest absolute Gasteiger partial charge is 0.408 e. The molecule has 1 atom stereocenters. The fourth-order valence-corrected chi connectivity index (χ4v) is 0.850. The van der Waals surface area contributed by atoms with Crippen molar-refractivity contribution in [1.82, 2.24) is 5.32 Å². The monoisotopic (exact) mass is 239 g/mol. The summed E-state index contributed by atoms with van der Waals surface area (Å²) >= 11 is 0. The third-order valence-corrected chi connectivity index (χ3v) is 1.40. The number of alkyl carbamates (subject to hydrolysis) is 1. The molecule has 2 N–H and O–H groups in total. The van der Waals surface area contributed by atoms with Gasteiger partial charge in [0.15, 0.2) is 0 Å². The molecule has 0 saturated heterocycles. The highest BCUT2D eigenvalue weighted by Gasteiger charge is 2.27. The molecular formula is C9H15F2NO4. The molecule has 0 unspecified atom stereocenters. The number of alkyl halides is 2. The zero-order chi connectivity index (χ0) is 12.9. The van der Waals surface area contributed by atoms with Crippen molar-refractivity contribution in [1.29, 1.82) is 0 Å². The Morgan fingerprint density at radius 2 is 1.88 bits per heavy atom. The van der Waals surface area contributed by atoms with Crippen LogP contribution in [-0.4, -0.2) is 35.2 Å². The second kappa shape index (κ2) is 5.62. The van der Waals surface area contributed by atoms with Crippen LogP contribution in [0.4, 0.5) is 13.6 Å². The molecule has 0 spiro atoms. The van der Waals surface area contributed by atoms with E-state index in [4.69, 9.17) is 9.84 Å². The van der Waals surface area contributed by atoms with Crippen LogP contribution in [0.5, 0.6) is 0 Å². The largest absolute Gasteiger partial charge is 0.481 e. The SMILES string of the molecule is CC(C)(C)OC(=O)N[C@@H](CC(=O)O)C(F)F. The fourth-order valence-electron chi connectivity index (χ4n) is 0.850. The minimum Gasteiger partial charge on any atom is -0.481 e. The van der Waals surface area contributed by atoms with Gasteiger partial charge in [-0.3, -0.25) is 4.79 Å². The predicted octanol–water partition coefficient (Wildman–Crippen LogP) is 1.62. The van der Waals surface area contributed by atoms with E-state index in [9.17, 15) is 18.4 Å². The molecule has 0 bridgehead atoms. The van der Waals surface area contributed by atoms with Gasteiger partial charge in [-0.2, -0.15) is 0 Å². The van der Waals surface area contributed by atoms with Crippen LogP contribution in [-0.2, 0) is 9.53 Å². The Morgan fingerprint density at radius 3 is 2.19 bits per heavy atom. The van der Waals surface area contributed by atoms with E-state index < -0.39 is 36.6 Å². The maximum atomic E-state index is 12.3. The van der Waals surface area contributed by atoms with Crippen LogP contribution in [0, 0.1) is 0 Å². The highest BCUT2D eigenvalue weighted by Crippen LogP contribution is 2.10. The minimum atomic E-state index is -2.95. The van der Waals surface area contributed by atoms with Gasteiger partial charge in [-0.15, -0.1) is 0 Å². The van der Waals surface area contributed by atoms with Crippen molar-refractivity contribution in [3.63, 3.8) is 0 Å². The topological polar surface area (TPSA) is 75.6 Å². The lowest BCUT2D eigenvalue weighted by molar-refractivity contribution is -0.138. The van der Waals surface area contributed by atoms with E-state index in [0.717, 1.165) is 0 Å². The van der Waals surface area contributed by atoms with Gasteiger partial charge in [0.1, 0.15) is 11.6 Å². The van der Waals surface area contributed by atoms with Crippen LogP contribution in [0.25, 0.3) is 0 Å². The van der Waals surface area contributed by atoms with Crippen molar-refractivity contribution in [3.8, 4) is 0 Å². The van der Waals surface area contributed by atoms with Crippen molar-refractivity contribution < 1.29 is 28.2 Å². The molecule has 0 rings (SSSR count). The third-order valence-electron chi connectivity index (χ3n) is 1.40. The number of carbonyl (C=O) groups excluding carboxylic acids is 1. The van der Waals surface area contributed by atoms with Crippen LogP contribution in [0.1, 0.15) is 27.2 Å². The Bertz CT molecular complexity index is 263. The fraction of sp³-hybridized carbons (Fsp3) is 0.778. The summed E-state index contributed by atoms with van der Waals surface area (Å²) in [6.07, 6.45) is -4.86. The van der Waals surface area contributed by atoms with E-state index >= 15 is 0 Å². The third kappa shape index (κ3) is 6.97. The van der Waals surface area contributed by atoms with Crippen molar-refractivity contribution in [2.75, 3.05) is 0 Å². The zero-order valence-corrected chi connectivity index (χ0v) is 9.29. The van der Waals surface area contributed by atoms with Gasteiger partial charge in [0.2, 0.25) is 0 Å². The number of hydrogen-bond donors (Lipinski definition) is 2. The maximum absolute atomic E-state index is 12.3. The summed E-state index contributed by atoms with van der Waals surface area (Å²) in [5.74, 6) is -1.42. The molecule has 0 aromatic carbocycles. The number of ether oxygens (including phenoxy) is 1. The van der Waals surface area contributed by atoms with E-state index in [2.05, 4.69) is 0 Å². The lowest BCUT2D eigenvalue weighted by atomic mass is 10.2. The number of carboxylic acids is 1. The molecule has 0 aliphatic carbocycles. The van der Waals surface area contributed by atoms with E-state index in [1.54, 1.807) is 20.8 Å². The number of aliphatic carboxylic acids is 1. The van der Waals surface area contributed by atoms with Gasteiger partial charge in [-0.25, -0.2) is 13.6 Å². The number of rotatable bonds is 4. The van der Waals surface area contributed by atoms with Crippen LogP contribution < -0.4 is 5.32 Å². The molecule has 0 heterocycles. The van der Waals surface area contributed by atoms with E-state index in [-0.39, 0.29) is 0 Å². The summed E-state index contributed by atoms with van der Waals surface area (Å²) in [5, 5.41) is 10.2. The molecule has 0 aromatic rings. The molecular weight excluding hydrogens is 224 g/mol. The van der Waals surface area contributed by atoms with Crippen molar-refractivity contribution >= 4 is 12.1 Å². The Labute approximate surface area is 91.8 Å². The summed E-state index contributed by atoms with van der Waals surface area (Å²) in [4.78, 5) is 21.4. The predicted molar refractivity (Wildman–Crippen MR) is 51.4 cm³/mol. The van der Waals surface area contributed by atoms with Crippen molar-refractivity contribution in [3.05, 3.63) is 0 Å². The second-order valence-electron chi connectivity index (χ2n) is 4.19. The molecule has 16 heavy (non-hydrogen) atoms. The van der Waals surface area contributed by atoms with Crippen LogP contribution in [0.3, 0.4) is 0 Å². The molecule has 7 heteroatoms. The number of carbonyl (C=O) groups is 2. The summed E-state index contributed by atoms with van der Waals surface area (Å²) in [6, 6.07) is -1.74. The van der Waals surface area contributed by atoms with E-state index in [1.165, 1.54) is 0 Å². The molecule has 0 aliphatic heterocycles. The zero-order valence-electron chi connectivity index (χ0n) is 9.29. The van der Waals surface area contributed by atoms with Crippen LogP contribution in [0.2, 0.25) is 0 Å². The standard InChI is InChI=1S/C9H15F2NO4/c1-9(2,3)16-8(15)12-5(7(10)11)4-6(13)14/h5,7H,4H2,1-3H3,(H,12,15)(H,13,14)/t5-/m0/s1. The summed E-state index contributed by atoms with van der Waals surface area (Å²) in [7, 11) is 0. The van der Waals surface area contributed by atoms with E-state index in [1.807, 2.05) is 5.32 Å². The average Bonchev–Trinajstić information content (AvgIpc) is 1.97. The highest BCUT2D eigenvalue weighted by atomic mass is 19.3. The van der Waals surface area contributed by atoms with Crippen LogP contribution in [0.15, 0.2) is 0 Å². The van der Waals surface area contributed by atoms with Crippen molar-refractivity contribution in [2.24, 2.45) is 0 Å². The summed E-state index contributed by atoms with van der Waals surface area (Å²) in [6.45, 7) is 4.71. The Balaban J connectivity index is 4.30. The van der Waals surface area contributed by atoms with Crippen LogP contribution >= 0.6 is 0 Å². The number of amides is 1. The first kappa shape index (κ1) is 14.6. The quantitative estimate of drug-likeness (QED) is 0.781. The molecule has 0 aromatic heterocycles. The molecule has 0 radical (unpaired) electrons. The number of halogens is 2. The van der Waals surface area contributed by atoms with E-state index in [0.29, 0.717) is 0 Å². The first-order valence-corrected chi connectivity index (χ1v) is 4.61. The first-order valence-electron chi connectivity index (χ1n) is 4.61. The molecule has 5 nitrogen and oxygen atoms in total. The molecule has 0 fully saturated rings. The number of carboxylic acid groups (broad SMARTS) is 1. The summed E-state index contributed by atoms with van der Waals surface area (Å²) in [5.41, 5.74) is -0.819. The Hall–Kier alpha value is -1.40. The second-order valence-corrected chi connectivity index (χ2v) is 4.19. The van der Waals surface area contributed by atoms with Gasteiger partial charge in [-0.05, 0) is 20.8 Å². The van der Waals surface area contributed by atoms with Gasteiger partial charge in [0.25, 0.3) is 6.43 Å². The molecule has 1 amide bonds. The van der Waals surface area contributed by atoms with Gasteiger partial charge >= 0.3 is 12.1 Å². The normalized spacial score (nSPS) is 13.4. The van der Waals surface area contributed by atoms with Gasteiger partial charge < -0.3 is 15.2 Å². The molecule has 94 valence electrons.